The molecule has 1 amide bonds. The van der Waals surface area contributed by atoms with E-state index in [0.717, 1.165) is 0 Å². The Hall–Kier alpha value is -3.10. The van der Waals surface area contributed by atoms with Crippen LogP contribution in [0.5, 0.6) is 5.75 Å². The lowest BCUT2D eigenvalue weighted by Gasteiger charge is -2.17. The highest BCUT2D eigenvalue weighted by Gasteiger charge is 2.19. The number of hydrogen-bond acceptors (Lipinski definition) is 4. The second kappa shape index (κ2) is 9.80. The molecule has 0 aliphatic carbocycles. The maximum atomic E-state index is 13.0. The average molecular weight is 463 g/mol. The van der Waals surface area contributed by atoms with E-state index in [0.29, 0.717) is 28.6 Å². The first-order valence-electron chi connectivity index (χ1n) is 9.38. The summed E-state index contributed by atoms with van der Waals surface area (Å²) in [6.45, 7) is 1.78. The number of carbonyl (C=O) groups is 1. The molecular weight excluding hydrogens is 443 g/mol. The van der Waals surface area contributed by atoms with E-state index in [1.807, 2.05) is 0 Å². The third-order valence-corrected chi connectivity index (χ3v) is 5.93. The van der Waals surface area contributed by atoms with Crippen LogP contribution in [0.25, 0.3) is 0 Å². The van der Waals surface area contributed by atoms with Gasteiger partial charge in [0.1, 0.15) is 11.6 Å². The molecule has 3 rings (SSSR count). The molecule has 0 saturated heterocycles. The van der Waals surface area contributed by atoms with E-state index in [1.165, 1.54) is 48.5 Å². The largest absolute Gasteiger partial charge is 0.481 e. The Morgan fingerprint density at radius 3 is 2.13 bits per heavy atom. The molecule has 0 aromatic heterocycles. The molecule has 3 aromatic carbocycles. The minimum atomic E-state index is -3.80. The smallest absolute Gasteiger partial charge is 0.265 e. The van der Waals surface area contributed by atoms with Gasteiger partial charge in [0.2, 0.25) is 0 Å². The lowest BCUT2D eigenvalue weighted by Crippen LogP contribution is -2.32. The molecule has 0 fully saturated rings. The SMILES string of the molecule is CC[C@@H](Oc1ccc(F)cc1)C(=O)Nc1ccc(S(=O)(=O)Nc2ccc(Cl)cc2)cc1. The van der Waals surface area contributed by atoms with Crippen molar-refractivity contribution < 1.29 is 22.3 Å². The summed E-state index contributed by atoms with van der Waals surface area (Å²) in [6.07, 6.45) is -0.402. The van der Waals surface area contributed by atoms with Crippen molar-refractivity contribution in [3.05, 3.63) is 83.6 Å². The maximum Gasteiger partial charge on any atom is 0.265 e. The highest BCUT2D eigenvalue weighted by Crippen LogP contribution is 2.21. The van der Waals surface area contributed by atoms with Crippen molar-refractivity contribution >= 4 is 38.9 Å². The predicted octanol–water partition coefficient (Wildman–Crippen LogP) is 5.08. The number of sulfonamides is 1. The predicted molar refractivity (Wildman–Crippen MR) is 118 cm³/mol. The lowest BCUT2D eigenvalue weighted by molar-refractivity contribution is -0.122. The van der Waals surface area contributed by atoms with Crippen LogP contribution in [0.3, 0.4) is 0 Å². The average Bonchev–Trinajstić information content (AvgIpc) is 2.75. The molecule has 0 radical (unpaired) electrons. The Morgan fingerprint density at radius 2 is 1.55 bits per heavy atom. The van der Waals surface area contributed by atoms with Gasteiger partial charge in [-0.1, -0.05) is 18.5 Å². The van der Waals surface area contributed by atoms with Crippen LogP contribution in [-0.2, 0) is 14.8 Å². The lowest BCUT2D eigenvalue weighted by atomic mass is 10.2. The maximum absolute atomic E-state index is 13.0. The van der Waals surface area contributed by atoms with Gasteiger partial charge in [0.15, 0.2) is 6.10 Å². The van der Waals surface area contributed by atoms with Gasteiger partial charge < -0.3 is 10.1 Å². The van der Waals surface area contributed by atoms with E-state index in [-0.39, 0.29) is 4.90 Å². The number of hydrogen-bond donors (Lipinski definition) is 2. The molecule has 0 aliphatic rings. The van der Waals surface area contributed by atoms with E-state index < -0.39 is 27.9 Å². The van der Waals surface area contributed by atoms with Crippen molar-refractivity contribution in [1.29, 1.82) is 0 Å². The van der Waals surface area contributed by atoms with Gasteiger partial charge in [-0.2, -0.15) is 0 Å². The van der Waals surface area contributed by atoms with E-state index in [9.17, 15) is 17.6 Å². The monoisotopic (exact) mass is 462 g/mol. The van der Waals surface area contributed by atoms with Crippen molar-refractivity contribution in [3.8, 4) is 5.75 Å². The molecule has 0 bridgehead atoms. The number of amides is 1. The number of ether oxygens (including phenoxy) is 1. The van der Waals surface area contributed by atoms with E-state index >= 15 is 0 Å². The quantitative estimate of drug-likeness (QED) is 0.489. The first-order valence-corrected chi connectivity index (χ1v) is 11.2. The van der Waals surface area contributed by atoms with Crippen LogP contribution in [0.15, 0.2) is 77.7 Å². The third kappa shape index (κ3) is 6.19. The molecule has 3 aromatic rings. The summed E-state index contributed by atoms with van der Waals surface area (Å²) in [5, 5.41) is 3.19. The highest BCUT2D eigenvalue weighted by atomic mass is 35.5. The first kappa shape index (κ1) is 22.6. The molecular formula is C22H20ClFN2O4S. The first-order chi connectivity index (χ1) is 14.8. The topological polar surface area (TPSA) is 84.5 Å². The third-order valence-electron chi connectivity index (χ3n) is 4.28. The van der Waals surface area contributed by atoms with Gasteiger partial charge in [-0.15, -0.1) is 0 Å². The normalized spacial score (nSPS) is 12.1. The summed E-state index contributed by atoms with van der Waals surface area (Å²) in [6, 6.07) is 17.4. The zero-order valence-corrected chi connectivity index (χ0v) is 18.1. The summed E-state index contributed by atoms with van der Waals surface area (Å²) in [5.41, 5.74) is 0.794. The van der Waals surface area contributed by atoms with Gasteiger partial charge in [0.25, 0.3) is 15.9 Å². The van der Waals surface area contributed by atoms with Crippen LogP contribution in [0.1, 0.15) is 13.3 Å². The van der Waals surface area contributed by atoms with Gasteiger partial charge in [0, 0.05) is 16.4 Å². The fraction of sp³-hybridized carbons (Fsp3) is 0.136. The number of halogens is 2. The zero-order chi connectivity index (χ0) is 22.4. The van der Waals surface area contributed by atoms with Gasteiger partial charge in [-0.05, 0) is 79.2 Å². The standard InChI is InChI=1S/C22H20ClFN2O4S/c1-2-21(30-19-11-5-16(24)6-12-19)22(27)25-17-9-13-20(14-10-17)31(28,29)26-18-7-3-15(23)4-8-18/h3-14,21,26H,2H2,1H3,(H,25,27)/t21-/m1/s1. The van der Waals surface area contributed by atoms with Gasteiger partial charge in [-0.3, -0.25) is 9.52 Å². The second-order valence-corrected chi connectivity index (χ2v) is 8.71. The molecule has 31 heavy (non-hydrogen) atoms. The van der Waals surface area contributed by atoms with Gasteiger partial charge in [0.05, 0.1) is 4.90 Å². The van der Waals surface area contributed by atoms with Crippen LogP contribution < -0.4 is 14.8 Å². The minimum absolute atomic E-state index is 0.0371. The molecule has 1 atom stereocenters. The Kier molecular flexibility index (Phi) is 7.14. The Balaban J connectivity index is 1.65. The van der Waals surface area contributed by atoms with Crippen molar-refractivity contribution in [1.82, 2.24) is 0 Å². The Bertz CT molecular complexity index is 1140. The van der Waals surface area contributed by atoms with Crippen LogP contribution in [0, 0.1) is 5.82 Å². The van der Waals surface area contributed by atoms with Crippen molar-refractivity contribution in [2.75, 3.05) is 10.0 Å². The van der Waals surface area contributed by atoms with E-state index in [1.54, 1.807) is 31.2 Å². The summed E-state index contributed by atoms with van der Waals surface area (Å²) >= 11 is 5.81. The molecule has 162 valence electrons. The fourth-order valence-electron chi connectivity index (χ4n) is 2.67. The zero-order valence-electron chi connectivity index (χ0n) is 16.5. The van der Waals surface area contributed by atoms with Crippen LogP contribution >= 0.6 is 11.6 Å². The molecule has 9 heteroatoms. The number of benzene rings is 3. The van der Waals surface area contributed by atoms with Crippen LogP contribution in [-0.4, -0.2) is 20.4 Å². The molecule has 0 spiro atoms. The fourth-order valence-corrected chi connectivity index (χ4v) is 3.86. The molecule has 6 nitrogen and oxygen atoms in total. The van der Waals surface area contributed by atoms with Crippen molar-refractivity contribution in [2.45, 2.75) is 24.3 Å². The van der Waals surface area contributed by atoms with E-state index in [4.69, 9.17) is 16.3 Å². The molecule has 2 N–H and O–H groups in total. The molecule has 0 saturated carbocycles. The minimum Gasteiger partial charge on any atom is -0.481 e. The van der Waals surface area contributed by atoms with Crippen molar-refractivity contribution in [3.63, 3.8) is 0 Å². The summed E-state index contributed by atoms with van der Waals surface area (Å²) in [4.78, 5) is 12.6. The van der Waals surface area contributed by atoms with Crippen molar-refractivity contribution in [2.24, 2.45) is 0 Å². The number of carbonyl (C=O) groups excluding carboxylic acids is 1. The second-order valence-electron chi connectivity index (χ2n) is 6.59. The van der Waals surface area contributed by atoms with Crippen LogP contribution in [0.2, 0.25) is 5.02 Å². The van der Waals surface area contributed by atoms with Gasteiger partial charge >= 0.3 is 0 Å². The molecule has 0 unspecified atom stereocenters. The number of anilines is 2. The molecule has 0 heterocycles. The Labute approximate surface area is 185 Å². The van der Waals surface area contributed by atoms with E-state index in [2.05, 4.69) is 10.0 Å². The summed E-state index contributed by atoms with van der Waals surface area (Å²) in [5.74, 6) is -0.426. The number of nitrogens with one attached hydrogen (secondary N) is 2. The Morgan fingerprint density at radius 1 is 0.968 bits per heavy atom. The van der Waals surface area contributed by atoms with Crippen LogP contribution in [0.4, 0.5) is 15.8 Å². The highest BCUT2D eigenvalue weighted by molar-refractivity contribution is 7.92. The summed E-state index contributed by atoms with van der Waals surface area (Å²) < 4.78 is 46.1. The number of rotatable bonds is 8. The molecule has 0 aliphatic heterocycles. The van der Waals surface area contributed by atoms with Gasteiger partial charge in [-0.25, -0.2) is 12.8 Å². The summed E-state index contributed by atoms with van der Waals surface area (Å²) in [7, 11) is -3.80.